The van der Waals surface area contributed by atoms with Gasteiger partial charge in [-0.15, -0.1) is 0 Å². The van der Waals surface area contributed by atoms with Crippen LogP contribution in [0.5, 0.6) is 5.75 Å². The van der Waals surface area contributed by atoms with Crippen molar-refractivity contribution in [3.05, 3.63) is 40.2 Å². The van der Waals surface area contributed by atoms with Crippen LogP contribution >= 0.6 is 0 Å². The highest BCUT2D eigenvalue weighted by molar-refractivity contribution is 5.64. The molecule has 3 aromatic rings. The molecule has 30 heavy (non-hydrogen) atoms. The molecule has 13 heteroatoms. The van der Waals surface area contributed by atoms with E-state index in [0.29, 0.717) is 0 Å². The lowest BCUT2D eigenvalue weighted by molar-refractivity contribution is 0.120. The molecular weight excluding hydrogens is 400 g/mol. The maximum absolute atomic E-state index is 14.7. The fourth-order valence-electron chi connectivity index (χ4n) is 2.30. The van der Waals surface area contributed by atoms with E-state index in [2.05, 4.69) is 25.7 Å². The molecule has 2 heterocycles. The highest BCUT2D eigenvalue weighted by Gasteiger charge is 2.21. The van der Waals surface area contributed by atoms with Gasteiger partial charge in [0.2, 0.25) is 5.95 Å². The Labute approximate surface area is 168 Å². The van der Waals surface area contributed by atoms with Gasteiger partial charge in [-0.3, -0.25) is 0 Å². The quantitative estimate of drug-likeness (QED) is 0.603. The molecule has 0 amide bonds. The lowest BCUT2D eigenvalue weighted by Crippen LogP contribution is -2.25. The Bertz CT molecular complexity index is 1190. The van der Waals surface area contributed by atoms with Gasteiger partial charge in [0.05, 0.1) is 11.9 Å². The molecule has 0 saturated carbocycles. The van der Waals surface area contributed by atoms with Gasteiger partial charge in [0.15, 0.2) is 5.82 Å². The van der Waals surface area contributed by atoms with Crippen LogP contribution in [-0.4, -0.2) is 42.0 Å². The minimum absolute atomic E-state index is 0.0165. The van der Waals surface area contributed by atoms with Crippen LogP contribution in [0.15, 0.2) is 23.1 Å². The summed E-state index contributed by atoms with van der Waals surface area (Å²) < 4.78 is 35.8. The number of nitrogens with two attached hydrogens (primary N) is 1. The molecule has 2 aromatic heterocycles. The highest BCUT2D eigenvalue weighted by atomic mass is 19.1. The summed E-state index contributed by atoms with van der Waals surface area (Å²) in [6.07, 6.45) is 1.18. The molecule has 3 N–H and O–H groups in total. The molecule has 0 spiro atoms. The predicted octanol–water partition coefficient (Wildman–Crippen LogP) is 1.22. The Balaban J connectivity index is 2.06. The topological polar surface area (TPSA) is 150 Å². The molecule has 0 radical (unpaired) electrons. The second-order valence-electron chi connectivity index (χ2n) is 6.83. The van der Waals surface area contributed by atoms with Gasteiger partial charge < -0.3 is 15.8 Å². The number of halogens is 2. The summed E-state index contributed by atoms with van der Waals surface area (Å²) >= 11 is 0. The standard InChI is InChI=1S/C17H17F2N9O2/c1-17(2,19)8-30-13-4-10(18)11(5-12(13)28-16(29)27(3)25-26-28)23-15-22-7-9(6-20)14(21)24-15/h4-5,7H,8H2,1-3H3,(H3,21,22,23,24). The van der Waals surface area contributed by atoms with Gasteiger partial charge in [-0.1, -0.05) is 0 Å². The number of nitrogens with zero attached hydrogens (tertiary/aromatic N) is 7. The first-order valence-corrected chi connectivity index (χ1v) is 8.53. The number of alkyl halides is 1. The lowest BCUT2D eigenvalue weighted by Gasteiger charge is -2.18. The van der Waals surface area contributed by atoms with E-state index in [1.807, 2.05) is 6.07 Å². The molecule has 156 valence electrons. The molecule has 0 saturated heterocycles. The number of benzene rings is 1. The molecule has 0 atom stereocenters. The van der Waals surface area contributed by atoms with Gasteiger partial charge in [0.1, 0.15) is 41.2 Å². The third-order valence-corrected chi connectivity index (χ3v) is 3.75. The van der Waals surface area contributed by atoms with Crippen molar-refractivity contribution in [2.75, 3.05) is 17.7 Å². The molecule has 0 aliphatic carbocycles. The maximum atomic E-state index is 14.7. The van der Waals surface area contributed by atoms with Crippen molar-refractivity contribution in [3.63, 3.8) is 0 Å². The third kappa shape index (κ3) is 4.32. The van der Waals surface area contributed by atoms with Gasteiger partial charge >= 0.3 is 5.69 Å². The van der Waals surface area contributed by atoms with Crippen LogP contribution in [0.25, 0.3) is 5.69 Å². The fraction of sp³-hybridized carbons (Fsp3) is 0.294. The van der Waals surface area contributed by atoms with Crippen LogP contribution in [0.1, 0.15) is 19.4 Å². The average Bonchev–Trinajstić information content (AvgIpc) is 3.00. The van der Waals surface area contributed by atoms with Crippen molar-refractivity contribution < 1.29 is 13.5 Å². The second kappa shape index (κ2) is 7.74. The number of nitriles is 1. The first-order chi connectivity index (χ1) is 14.1. The van der Waals surface area contributed by atoms with Crippen molar-refractivity contribution in [2.24, 2.45) is 7.05 Å². The number of nitrogen functional groups attached to an aromatic ring is 1. The van der Waals surface area contributed by atoms with Gasteiger partial charge in [0.25, 0.3) is 0 Å². The number of anilines is 3. The molecule has 0 aliphatic heterocycles. The van der Waals surface area contributed by atoms with Crippen molar-refractivity contribution >= 4 is 17.5 Å². The number of aryl methyl sites for hydroxylation is 1. The van der Waals surface area contributed by atoms with Gasteiger partial charge in [-0.25, -0.2) is 18.6 Å². The Hall–Kier alpha value is -4.08. The summed E-state index contributed by atoms with van der Waals surface area (Å²) in [7, 11) is 1.38. The summed E-state index contributed by atoms with van der Waals surface area (Å²) in [6.45, 7) is 2.19. The first kappa shape index (κ1) is 20.6. The highest BCUT2D eigenvalue weighted by Crippen LogP contribution is 2.30. The number of nitrogens with one attached hydrogen (secondary N) is 1. The summed E-state index contributed by atoms with van der Waals surface area (Å²) in [6, 6.07) is 4.00. The van der Waals surface area contributed by atoms with E-state index in [1.165, 1.54) is 33.2 Å². The lowest BCUT2D eigenvalue weighted by atomic mass is 10.2. The monoisotopic (exact) mass is 417 g/mol. The Morgan fingerprint density at radius 3 is 2.67 bits per heavy atom. The normalized spacial score (nSPS) is 11.2. The molecule has 0 unspecified atom stereocenters. The number of hydrogen-bond donors (Lipinski definition) is 2. The predicted molar refractivity (Wildman–Crippen MR) is 102 cm³/mol. The minimum atomic E-state index is -1.70. The van der Waals surface area contributed by atoms with E-state index >= 15 is 0 Å². The maximum Gasteiger partial charge on any atom is 0.368 e. The molecule has 1 aromatic carbocycles. The molecule has 0 aliphatic rings. The SMILES string of the molecule is Cn1nnn(-c2cc(Nc3ncc(C#N)c(N)n3)c(F)cc2OCC(C)(C)F)c1=O. The van der Waals surface area contributed by atoms with E-state index in [9.17, 15) is 13.6 Å². The van der Waals surface area contributed by atoms with E-state index in [0.717, 1.165) is 15.4 Å². The van der Waals surface area contributed by atoms with Gasteiger partial charge in [-0.05, 0) is 30.3 Å². The largest absolute Gasteiger partial charge is 0.488 e. The van der Waals surface area contributed by atoms with Crippen LogP contribution in [0, 0.1) is 17.1 Å². The van der Waals surface area contributed by atoms with Gasteiger partial charge in [0, 0.05) is 13.1 Å². The molecule has 0 fully saturated rings. The Morgan fingerprint density at radius 1 is 1.37 bits per heavy atom. The molecule has 0 bridgehead atoms. The van der Waals surface area contributed by atoms with Crippen LogP contribution in [0.2, 0.25) is 0 Å². The van der Waals surface area contributed by atoms with Crippen molar-refractivity contribution in [3.8, 4) is 17.5 Å². The zero-order chi connectivity index (χ0) is 22.1. The number of rotatable bonds is 6. The van der Waals surface area contributed by atoms with Crippen molar-refractivity contribution in [1.82, 2.24) is 29.8 Å². The number of tetrazole rings is 1. The zero-order valence-electron chi connectivity index (χ0n) is 16.2. The summed E-state index contributed by atoms with van der Waals surface area (Å²) in [5.74, 6) is -1.09. The van der Waals surface area contributed by atoms with Crippen molar-refractivity contribution in [2.45, 2.75) is 19.5 Å². The number of hydrogen-bond acceptors (Lipinski definition) is 9. The van der Waals surface area contributed by atoms with Crippen LogP contribution in [0.3, 0.4) is 0 Å². The summed E-state index contributed by atoms with van der Waals surface area (Å²) in [4.78, 5) is 20.0. The minimum Gasteiger partial charge on any atom is -0.488 e. The van der Waals surface area contributed by atoms with E-state index in [1.54, 1.807) is 0 Å². The van der Waals surface area contributed by atoms with E-state index in [4.69, 9.17) is 15.7 Å². The van der Waals surface area contributed by atoms with Crippen molar-refractivity contribution in [1.29, 1.82) is 5.26 Å². The molecule has 3 rings (SSSR count). The average molecular weight is 417 g/mol. The molecule has 11 nitrogen and oxygen atoms in total. The van der Waals surface area contributed by atoms with Gasteiger partial charge in [-0.2, -0.15) is 19.6 Å². The zero-order valence-corrected chi connectivity index (χ0v) is 16.2. The third-order valence-electron chi connectivity index (χ3n) is 3.75. The smallest absolute Gasteiger partial charge is 0.368 e. The molecular formula is C17H17F2N9O2. The summed E-state index contributed by atoms with van der Waals surface area (Å²) in [5.41, 5.74) is 3.25. The fourth-order valence-corrected chi connectivity index (χ4v) is 2.30. The van der Waals surface area contributed by atoms with Crippen LogP contribution in [-0.2, 0) is 7.05 Å². The van der Waals surface area contributed by atoms with E-state index < -0.39 is 23.8 Å². The summed E-state index contributed by atoms with van der Waals surface area (Å²) in [5, 5.41) is 18.8. The van der Waals surface area contributed by atoms with E-state index in [-0.39, 0.29) is 34.5 Å². The number of ether oxygens (including phenoxy) is 1. The van der Waals surface area contributed by atoms with Crippen LogP contribution < -0.4 is 21.5 Å². The Morgan fingerprint density at radius 2 is 2.10 bits per heavy atom. The Kier molecular flexibility index (Phi) is 5.33. The second-order valence-corrected chi connectivity index (χ2v) is 6.83. The van der Waals surface area contributed by atoms with Crippen LogP contribution in [0.4, 0.5) is 26.2 Å². The number of aromatic nitrogens is 6. The first-order valence-electron chi connectivity index (χ1n) is 8.53.